The zero-order chi connectivity index (χ0) is 9.80. The van der Waals surface area contributed by atoms with Crippen molar-refractivity contribution in [2.45, 2.75) is 31.7 Å². The van der Waals surface area contributed by atoms with Gasteiger partial charge in [-0.1, -0.05) is 19.3 Å². The second-order valence-electron chi connectivity index (χ2n) is 3.89. The SMILES string of the molecule is NNC(CC1CCC1)c1ccncn1. The van der Waals surface area contributed by atoms with E-state index in [-0.39, 0.29) is 6.04 Å². The Morgan fingerprint density at radius 1 is 1.57 bits per heavy atom. The van der Waals surface area contributed by atoms with Crippen LogP contribution < -0.4 is 11.3 Å². The predicted molar refractivity (Wildman–Crippen MR) is 54.1 cm³/mol. The molecular formula is C10H16N4. The van der Waals surface area contributed by atoms with Crippen LogP contribution in [0.25, 0.3) is 0 Å². The lowest BCUT2D eigenvalue weighted by Gasteiger charge is -2.28. The molecule has 1 fully saturated rings. The highest BCUT2D eigenvalue weighted by atomic mass is 15.2. The molecule has 0 bridgehead atoms. The molecule has 4 heteroatoms. The number of aromatic nitrogens is 2. The minimum Gasteiger partial charge on any atom is -0.271 e. The van der Waals surface area contributed by atoms with E-state index in [0.717, 1.165) is 18.0 Å². The van der Waals surface area contributed by atoms with Crippen molar-refractivity contribution in [3.05, 3.63) is 24.3 Å². The third-order valence-corrected chi connectivity index (χ3v) is 2.96. The van der Waals surface area contributed by atoms with E-state index in [1.165, 1.54) is 19.3 Å². The maximum Gasteiger partial charge on any atom is 0.115 e. The van der Waals surface area contributed by atoms with E-state index in [1.54, 1.807) is 12.5 Å². The number of rotatable bonds is 4. The van der Waals surface area contributed by atoms with Gasteiger partial charge in [0, 0.05) is 6.20 Å². The fraction of sp³-hybridized carbons (Fsp3) is 0.600. The van der Waals surface area contributed by atoms with Gasteiger partial charge in [-0.05, 0) is 18.4 Å². The summed E-state index contributed by atoms with van der Waals surface area (Å²) in [6, 6.07) is 2.10. The van der Waals surface area contributed by atoms with Gasteiger partial charge >= 0.3 is 0 Å². The topological polar surface area (TPSA) is 63.8 Å². The lowest BCUT2D eigenvalue weighted by molar-refractivity contribution is 0.260. The van der Waals surface area contributed by atoms with E-state index < -0.39 is 0 Å². The van der Waals surface area contributed by atoms with E-state index in [1.807, 2.05) is 6.07 Å². The van der Waals surface area contributed by atoms with Crippen molar-refractivity contribution >= 4 is 0 Å². The molecule has 14 heavy (non-hydrogen) atoms. The lowest BCUT2D eigenvalue weighted by Crippen LogP contribution is -2.31. The molecule has 1 aliphatic rings. The number of hydrogen-bond donors (Lipinski definition) is 2. The van der Waals surface area contributed by atoms with Crippen LogP contribution in [-0.2, 0) is 0 Å². The van der Waals surface area contributed by atoms with Crippen molar-refractivity contribution in [2.24, 2.45) is 11.8 Å². The first kappa shape index (κ1) is 9.55. The summed E-state index contributed by atoms with van der Waals surface area (Å²) in [5.74, 6) is 6.35. The molecule has 0 saturated heterocycles. The van der Waals surface area contributed by atoms with Gasteiger partial charge < -0.3 is 0 Å². The third-order valence-electron chi connectivity index (χ3n) is 2.96. The summed E-state index contributed by atoms with van der Waals surface area (Å²) in [5, 5.41) is 0. The Kier molecular flexibility index (Phi) is 3.06. The molecule has 4 nitrogen and oxygen atoms in total. The van der Waals surface area contributed by atoms with Crippen molar-refractivity contribution in [3.8, 4) is 0 Å². The highest BCUT2D eigenvalue weighted by Crippen LogP contribution is 2.33. The first-order valence-electron chi connectivity index (χ1n) is 5.12. The third kappa shape index (κ3) is 2.08. The molecular weight excluding hydrogens is 176 g/mol. The predicted octanol–water partition coefficient (Wildman–Crippen LogP) is 1.17. The molecule has 76 valence electrons. The molecule has 1 aromatic heterocycles. The van der Waals surface area contributed by atoms with Gasteiger partial charge in [-0.2, -0.15) is 0 Å². The average Bonchev–Trinajstić information content (AvgIpc) is 2.18. The van der Waals surface area contributed by atoms with Crippen LogP contribution in [0.3, 0.4) is 0 Å². The summed E-state index contributed by atoms with van der Waals surface area (Å²) < 4.78 is 0. The van der Waals surface area contributed by atoms with Gasteiger partial charge in [0.1, 0.15) is 6.33 Å². The second-order valence-corrected chi connectivity index (χ2v) is 3.89. The smallest absolute Gasteiger partial charge is 0.115 e. The number of hydrazine groups is 1. The first-order chi connectivity index (χ1) is 6.90. The summed E-state index contributed by atoms with van der Waals surface area (Å²) in [4.78, 5) is 8.10. The maximum absolute atomic E-state index is 5.52. The minimum atomic E-state index is 0.184. The molecule has 0 spiro atoms. The highest BCUT2D eigenvalue weighted by molar-refractivity contribution is 5.04. The van der Waals surface area contributed by atoms with Crippen LogP contribution in [0.5, 0.6) is 0 Å². The van der Waals surface area contributed by atoms with Gasteiger partial charge in [0.25, 0.3) is 0 Å². The summed E-state index contributed by atoms with van der Waals surface area (Å²) in [7, 11) is 0. The van der Waals surface area contributed by atoms with Gasteiger partial charge in [0.15, 0.2) is 0 Å². The molecule has 0 radical (unpaired) electrons. The van der Waals surface area contributed by atoms with E-state index in [0.29, 0.717) is 0 Å². The number of hydrogen-bond acceptors (Lipinski definition) is 4. The minimum absolute atomic E-state index is 0.184. The molecule has 1 atom stereocenters. The summed E-state index contributed by atoms with van der Waals surface area (Å²) in [5.41, 5.74) is 3.82. The molecule has 1 aliphatic carbocycles. The van der Waals surface area contributed by atoms with Crippen molar-refractivity contribution in [2.75, 3.05) is 0 Å². The Morgan fingerprint density at radius 2 is 2.43 bits per heavy atom. The fourth-order valence-electron chi connectivity index (χ4n) is 1.84. The van der Waals surface area contributed by atoms with Crippen molar-refractivity contribution < 1.29 is 0 Å². The van der Waals surface area contributed by atoms with Crippen molar-refractivity contribution in [1.82, 2.24) is 15.4 Å². The molecule has 0 aliphatic heterocycles. The van der Waals surface area contributed by atoms with Crippen LogP contribution in [0.15, 0.2) is 18.6 Å². The number of nitrogens with two attached hydrogens (primary N) is 1. The van der Waals surface area contributed by atoms with Gasteiger partial charge in [-0.25, -0.2) is 9.97 Å². The van der Waals surface area contributed by atoms with Crippen LogP contribution in [0.2, 0.25) is 0 Å². The van der Waals surface area contributed by atoms with Gasteiger partial charge in [0.2, 0.25) is 0 Å². The average molecular weight is 192 g/mol. The molecule has 1 unspecified atom stereocenters. The van der Waals surface area contributed by atoms with E-state index >= 15 is 0 Å². The Labute approximate surface area is 83.9 Å². The van der Waals surface area contributed by atoms with Crippen LogP contribution in [0.1, 0.15) is 37.4 Å². The molecule has 0 amide bonds. The zero-order valence-electron chi connectivity index (χ0n) is 8.19. The Hall–Kier alpha value is -1.00. The first-order valence-corrected chi connectivity index (χ1v) is 5.12. The molecule has 1 heterocycles. The van der Waals surface area contributed by atoms with Crippen LogP contribution >= 0.6 is 0 Å². The molecule has 1 aromatic rings. The van der Waals surface area contributed by atoms with Crippen LogP contribution in [0.4, 0.5) is 0 Å². The number of nitrogens with zero attached hydrogens (tertiary/aromatic N) is 2. The fourth-order valence-corrected chi connectivity index (χ4v) is 1.84. The maximum atomic E-state index is 5.52. The van der Waals surface area contributed by atoms with Gasteiger partial charge in [-0.3, -0.25) is 11.3 Å². The highest BCUT2D eigenvalue weighted by Gasteiger charge is 2.22. The molecule has 0 aromatic carbocycles. The Morgan fingerprint density at radius 3 is 2.93 bits per heavy atom. The van der Waals surface area contributed by atoms with Gasteiger partial charge in [0.05, 0.1) is 11.7 Å². The quantitative estimate of drug-likeness (QED) is 0.555. The molecule has 1 saturated carbocycles. The molecule has 3 N–H and O–H groups in total. The van der Waals surface area contributed by atoms with E-state index in [9.17, 15) is 0 Å². The van der Waals surface area contributed by atoms with Gasteiger partial charge in [-0.15, -0.1) is 0 Å². The van der Waals surface area contributed by atoms with Crippen molar-refractivity contribution in [1.29, 1.82) is 0 Å². The largest absolute Gasteiger partial charge is 0.271 e. The van der Waals surface area contributed by atoms with Crippen LogP contribution in [0, 0.1) is 5.92 Å². The Bertz CT molecular complexity index is 271. The summed E-state index contributed by atoms with van der Waals surface area (Å²) >= 11 is 0. The number of nitrogens with one attached hydrogen (secondary N) is 1. The summed E-state index contributed by atoms with van der Waals surface area (Å²) in [6.45, 7) is 0. The Balaban J connectivity index is 1.98. The van der Waals surface area contributed by atoms with Crippen molar-refractivity contribution in [3.63, 3.8) is 0 Å². The summed E-state index contributed by atoms with van der Waals surface area (Å²) in [6.07, 6.45) is 8.46. The van der Waals surface area contributed by atoms with E-state index in [4.69, 9.17) is 5.84 Å². The van der Waals surface area contributed by atoms with E-state index in [2.05, 4.69) is 15.4 Å². The second kappa shape index (κ2) is 4.48. The monoisotopic (exact) mass is 192 g/mol. The zero-order valence-corrected chi connectivity index (χ0v) is 8.19. The molecule has 2 rings (SSSR count). The normalized spacial score (nSPS) is 18.9. The van der Waals surface area contributed by atoms with Crippen LogP contribution in [-0.4, -0.2) is 9.97 Å². The standard InChI is InChI=1S/C10H16N4/c11-14-10(6-8-2-1-3-8)9-4-5-12-7-13-9/h4-5,7-8,10,14H,1-3,6,11H2. The lowest BCUT2D eigenvalue weighted by atomic mass is 9.80.